The van der Waals surface area contributed by atoms with Crippen molar-refractivity contribution in [2.24, 2.45) is 0 Å². The van der Waals surface area contributed by atoms with Gasteiger partial charge in [-0.05, 0) is 30.2 Å². The molecule has 2 heterocycles. The van der Waals surface area contributed by atoms with Crippen molar-refractivity contribution in [3.63, 3.8) is 0 Å². The fraction of sp³-hybridized carbons (Fsp3) is 0.318. The first-order valence-corrected chi connectivity index (χ1v) is 9.72. The Morgan fingerprint density at radius 2 is 1.83 bits per heavy atom. The van der Waals surface area contributed by atoms with Crippen LogP contribution in [0.25, 0.3) is 0 Å². The van der Waals surface area contributed by atoms with Gasteiger partial charge < -0.3 is 19.7 Å². The number of nitrogens with one attached hydrogen (secondary N) is 1. The Morgan fingerprint density at radius 3 is 2.66 bits per heavy atom. The van der Waals surface area contributed by atoms with E-state index in [1.165, 1.54) is 4.90 Å². The molecule has 7 nitrogen and oxygen atoms in total. The first-order chi connectivity index (χ1) is 14.1. The number of carbonyl (C=O) groups excluding carboxylic acids is 3. The van der Waals surface area contributed by atoms with Gasteiger partial charge in [-0.2, -0.15) is 0 Å². The lowest BCUT2D eigenvalue weighted by atomic mass is 9.97. The van der Waals surface area contributed by atoms with E-state index < -0.39 is 18.2 Å². The van der Waals surface area contributed by atoms with Gasteiger partial charge in [0.2, 0.25) is 0 Å². The standard InChI is InChI=1S/C22H22N2O5/c1-2-11-23-20(25)19-13-24(16-9-5-6-10-17(16)28-19)21(26)18-12-14-7-3-4-8-15(14)22(27)29-18/h3-10,18-19H,2,11-13H2,1H3,(H,23,25). The minimum absolute atomic E-state index is 0.0566. The average molecular weight is 394 g/mol. The van der Waals surface area contributed by atoms with Gasteiger partial charge in [0.1, 0.15) is 5.75 Å². The van der Waals surface area contributed by atoms with Crippen LogP contribution in [0.5, 0.6) is 5.75 Å². The lowest BCUT2D eigenvalue weighted by molar-refractivity contribution is -0.130. The summed E-state index contributed by atoms with van der Waals surface area (Å²) in [6.45, 7) is 2.55. The summed E-state index contributed by atoms with van der Waals surface area (Å²) in [5, 5.41) is 2.80. The summed E-state index contributed by atoms with van der Waals surface area (Å²) in [5.41, 5.74) is 1.82. The number of anilines is 1. The van der Waals surface area contributed by atoms with Crippen LogP contribution in [0.3, 0.4) is 0 Å². The van der Waals surface area contributed by atoms with Gasteiger partial charge in [0.25, 0.3) is 11.8 Å². The number of para-hydroxylation sites is 2. The maximum atomic E-state index is 13.3. The van der Waals surface area contributed by atoms with Crippen molar-refractivity contribution in [3.8, 4) is 5.75 Å². The second kappa shape index (κ2) is 7.95. The monoisotopic (exact) mass is 394 g/mol. The molecule has 2 unspecified atom stereocenters. The van der Waals surface area contributed by atoms with Crippen molar-refractivity contribution in [1.29, 1.82) is 0 Å². The van der Waals surface area contributed by atoms with E-state index in [0.29, 0.717) is 30.0 Å². The molecule has 0 aromatic heterocycles. The van der Waals surface area contributed by atoms with Gasteiger partial charge in [-0.25, -0.2) is 4.79 Å². The predicted octanol–water partition coefficient (Wildman–Crippen LogP) is 2.09. The molecule has 0 spiro atoms. The molecule has 0 saturated heterocycles. The Kier molecular flexibility index (Phi) is 5.20. The largest absolute Gasteiger partial charge is 0.477 e. The Balaban J connectivity index is 1.60. The fourth-order valence-corrected chi connectivity index (χ4v) is 3.58. The number of hydrogen-bond acceptors (Lipinski definition) is 5. The van der Waals surface area contributed by atoms with Crippen LogP contribution in [0.2, 0.25) is 0 Å². The number of ether oxygens (including phenoxy) is 2. The van der Waals surface area contributed by atoms with E-state index in [-0.39, 0.29) is 18.4 Å². The number of nitrogens with zero attached hydrogens (tertiary/aromatic N) is 1. The first-order valence-electron chi connectivity index (χ1n) is 9.72. The van der Waals surface area contributed by atoms with Crippen LogP contribution in [-0.4, -0.2) is 43.1 Å². The molecule has 0 saturated carbocycles. The van der Waals surface area contributed by atoms with Crippen LogP contribution in [0.15, 0.2) is 48.5 Å². The van der Waals surface area contributed by atoms with Crippen LogP contribution >= 0.6 is 0 Å². The predicted molar refractivity (Wildman–Crippen MR) is 106 cm³/mol. The summed E-state index contributed by atoms with van der Waals surface area (Å²) in [6.07, 6.45) is -0.669. The van der Waals surface area contributed by atoms with Crippen LogP contribution < -0.4 is 15.0 Å². The molecule has 29 heavy (non-hydrogen) atoms. The van der Waals surface area contributed by atoms with E-state index in [9.17, 15) is 14.4 Å². The number of hydrogen-bond donors (Lipinski definition) is 1. The molecule has 2 atom stereocenters. The molecule has 150 valence electrons. The van der Waals surface area contributed by atoms with Gasteiger partial charge in [0, 0.05) is 13.0 Å². The average Bonchev–Trinajstić information content (AvgIpc) is 2.76. The zero-order valence-corrected chi connectivity index (χ0v) is 16.1. The van der Waals surface area contributed by atoms with Gasteiger partial charge in [-0.3, -0.25) is 9.59 Å². The molecule has 0 bridgehead atoms. The lowest BCUT2D eigenvalue weighted by Crippen LogP contribution is -2.54. The Bertz CT molecular complexity index is 958. The Labute approximate surface area is 168 Å². The van der Waals surface area contributed by atoms with Crippen molar-refractivity contribution in [2.45, 2.75) is 32.0 Å². The van der Waals surface area contributed by atoms with Crippen molar-refractivity contribution < 1.29 is 23.9 Å². The molecule has 4 rings (SSSR count). The van der Waals surface area contributed by atoms with Crippen LogP contribution in [0, 0.1) is 0 Å². The summed E-state index contributed by atoms with van der Waals surface area (Å²) in [7, 11) is 0. The molecular weight excluding hydrogens is 372 g/mol. The third kappa shape index (κ3) is 3.68. The number of carbonyl (C=O) groups is 3. The van der Waals surface area contributed by atoms with Gasteiger partial charge in [-0.15, -0.1) is 0 Å². The number of benzene rings is 2. The molecule has 1 N–H and O–H groups in total. The SMILES string of the molecule is CCCNC(=O)C1CN(C(=O)C2Cc3ccccc3C(=O)O2)c2ccccc2O1. The maximum absolute atomic E-state index is 13.3. The first kappa shape index (κ1) is 19.0. The molecule has 0 aliphatic carbocycles. The molecule has 2 amide bonds. The van der Waals surface area contributed by atoms with E-state index in [1.54, 1.807) is 36.4 Å². The molecule has 2 aliphatic heterocycles. The maximum Gasteiger partial charge on any atom is 0.339 e. The summed E-state index contributed by atoms with van der Waals surface area (Å²) < 4.78 is 11.3. The van der Waals surface area contributed by atoms with Crippen molar-refractivity contribution in [1.82, 2.24) is 5.32 Å². The summed E-state index contributed by atoms with van der Waals surface area (Å²) in [4.78, 5) is 39.6. The highest BCUT2D eigenvalue weighted by molar-refractivity contribution is 6.03. The number of esters is 1. The van der Waals surface area contributed by atoms with E-state index >= 15 is 0 Å². The molecule has 0 radical (unpaired) electrons. The van der Waals surface area contributed by atoms with E-state index in [1.807, 2.05) is 19.1 Å². The van der Waals surface area contributed by atoms with E-state index in [0.717, 1.165) is 12.0 Å². The minimum atomic E-state index is -0.942. The number of fused-ring (bicyclic) bond motifs is 2. The van der Waals surface area contributed by atoms with Gasteiger partial charge >= 0.3 is 5.97 Å². The van der Waals surface area contributed by atoms with Crippen LogP contribution in [0.1, 0.15) is 29.3 Å². The Hall–Kier alpha value is -3.35. The molecular formula is C22H22N2O5. The normalized spacial score (nSPS) is 20.0. The van der Waals surface area contributed by atoms with Crippen LogP contribution in [0.4, 0.5) is 5.69 Å². The molecule has 2 aromatic rings. The highest BCUT2D eigenvalue weighted by atomic mass is 16.5. The van der Waals surface area contributed by atoms with Crippen LogP contribution in [-0.2, 0) is 20.7 Å². The van der Waals surface area contributed by atoms with Crippen molar-refractivity contribution in [3.05, 3.63) is 59.7 Å². The summed E-state index contributed by atoms with van der Waals surface area (Å²) in [5.74, 6) is -0.697. The van der Waals surface area contributed by atoms with Crippen molar-refractivity contribution in [2.75, 3.05) is 18.0 Å². The second-order valence-electron chi connectivity index (χ2n) is 7.07. The topological polar surface area (TPSA) is 84.9 Å². The minimum Gasteiger partial charge on any atom is -0.477 e. The highest BCUT2D eigenvalue weighted by Crippen LogP contribution is 2.34. The van der Waals surface area contributed by atoms with E-state index in [4.69, 9.17) is 9.47 Å². The third-order valence-electron chi connectivity index (χ3n) is 5.05. The van der Waals surface area contributed by atoms with Gasteiger partial charge in [0.15, 0.2) is 12.2 Å². The molecule has 7 heteroatoms. The number of rotatable bonds is 4. The molecule has 0 fully saturated rings. The Morgan fingerprint density at radius 1 is 1.07 bits per heavy atom. The smallest absolute Gasteiger partial charge is 0.339 e. The quantitative estimate of drug-likeness (QED) is 0.803. The van der Waals surface area contributed by atoms with E-state index in [2.05, 4.69) is 5.32 Å². The lowest BCUT2D eigenvalue weighted by Gasteiger charge is -2.36. The highest BCUT2D eigenvalue weighted by Gasteiger charge is 2.39. The second-order valence-corrected chi connectivity index (χ2v) is 7.07. The summed E-state index contributed by atoms with van der Waals surface area (Å²) in [6, 6.07) is 14.2. The molecule has 2 aliphatic rings. The van der Waals surface area contributed by atoms with Gasteiger partial charge in [0.05, 0.1) is 17.8 Å². The zero-order valence-electron chi connectivity index (χ0n) is 16.1. The van der Waals surface area contributed by atoms with Crippen molar-refractivity contribution >= 4 is 23.5 Å². The fourth-order valence-electron chi connectivity index (χ4n) is 3.58. The number of cyclic esters (lactones) is 1. The summed E-state index contributed by atoms with van der Waals surface area (Å²) >= 11 is 0. The van der Waals surface area contributed by atoms with Gasteiger partial charge in [-0.1, -0.05) is 37.3 Å². The zero-order chi connectivity index (χ0) is 20.4. The number of amides is 2. The third-order valence-corrected chi connectivity index (χ3v) is 5.05. The molecule has 2 aromatic carbocycles.